The van der Waals surface area contributed by atoms with E-state index in [2.05, 4.69) is 10.6 Å². The molecular formula is C16H18N2O5. The standard InChI is InChI=1S/C16H18N2O5/c1-22-12-5-2-4-11(10-12)18-16(21)15(20)17-8-7-13(19)14-6-3-9-23-14/h2-6,9-10,13,19H,7-8H2,1H3,(H,17,20)(H,18,21). The van der Waals surface area contributed by atoms with Crippen LogP contribution >= 0.6 is 0 Å². The van der Waals surface area contributed by atoms with E-state index in [4.69, 9.17) is 9.15 Å². The van der Waals surface area contributed by atoms with Crippen molar-refractivity contribution in [1.82, 2.24) is 5.32 Å². The number of carbonyl (C=O) groups is 2. The Bertz CT molecular complexity index is 654. The number of carbonyl (C=O) groups excluding carboxylic acids is 2. The Morgan fingerprint density at radius 2 is 2.09 bits per heavy atom. The Hall–Kier alpha value is -2.80. The van der Waals surface area contributed by atoms with Crippen molar-refractivity contribution in [3.63, 3.8) is 0 Å². The van der Waals surface area contributed by atoms with E-state index in [1.807, 2.05) is 0 Å². The van der Waals surface area contributed by atoms with E-state index in [1.54, 1.807) is 36.4 Å². The number of rotatable bonds is 6. The highest BCUT2D eigenvalue weighted by Crippen LogP contribution is 2.17. The molecule has 0 bridgehead atoms. The van der Waals surface area contributed by atoms with E-state index >= 15 is 0 Å². The normalized spacial score (nSPS) is 11.6. The molecule has 7 nitrogen and oxygen atoms in total. The summed E-state index contributed by atoms with van der Waals surface area (Å²) < 4.78 is 10.1. The second kappa shape index (κ2) is 8.00. The number of hydrogen-bond acceptors (Lipinski definition) is 5. The third-order valence-electron chi connectivity index (χ3n) is 3.11. The summed E-state index contributed by atoms with van der Waals surface area (Å²) in [4.78, 5) is 23.5. The molecule has 0 spiro atoms. The summed E-state index contributed by atoms with van der Waals surface area (Å²) in [6.07, 6.45) is 0.872. The number of benzene rings is 1. The Morgan fingerprint density at radius 3 is 2.78 bits per heavy atom. The molecule has 3 N–H and O–H groups in total. The monoisotopic (exact) mass is 318 g/mol. The van der Waals surface area contributed by atoms with Gasteiger partial charge in [0.1, 0.15) is 17.6 Å². The average Bonchev–Trinajstić information content (AvgIpc) is 3.09. The smallest absolute Gasteiger partial charge is 0.313 e. The Labute approximate surface area is 133 Å². The summed E-state index contributed by atoms with van der Waals surface area (Å²) >= 11 is 0. The lowest BCUT2D eigenvalue weighted by Gasteiger charge is -2.09. The maximum absolute atomic E-state index is 11.8. The van der Waals surface area contributed by atoms with Gasteiger partial charge in [-0.3, -0.25) is 9.59 Å². The molecule has 0 fully saturated rings. The van der Waals surface area contributed by atoms with Gasteiger partial charge >= 0.3 is 11.8 Å². The summed E-state index contributed by atoms with van der Waals surface area (Å²) in [5.41, 5.74) is 0.458. The van der Waals surface area contributed by atoms with Crippen molar-refractivity contribution in [2.45, 2.75) is 12.5 Å². The largest absolute Gasteiger partial charge is 0.497 e. The summed E-state index contributed by atoms with van der Waals surface area (Å²) in [5.74, 6) is -0.574. The van der Waals surface area contributed by atoms with E-state index in [9.17, 15) is 14.7 Å². The fourth-order valence-electron chi connectivity index (χ4n) is 1.91. The second-order valence-electron chi connectivity index (χ2n) is 4.76. The number of methoxy groups -OCH3 is 1. The third kappa shape index (κ3) is 4.86. The summed E-state index contributed by atoms with van der Waals surface area (Å²) in [7, 11) is 1.51. The fourth-order valence-corrected chi connectivity index (χ4v) is 1.91. The molecule has 23 heavy (non-hydrogen) atoms. The number of amides is 2. The molecule has 0 aliphatic rings. The minimum absolute atomic E-state index is 0.145. The Kier molecular flexibility index (Phi) is 5.76. The molecular weight excluding hydrogens is 300 g/mol. The van der Waals surface area contributed by atoms with Crippen molar-refractivity contribution in [2.24, 2.45) is 0 Å². The van der Waals surface area contributed by atoms with Gasteiger partial charge in [-0.25, -0.2) is 0 Å². The van der Waals surface area contributed by atoms with E-state index in [-0.39, 0.29) is 13.0 Å². The summed E-state index contributed by atoms with van der Waals surface area (Å²) in [6.45, 7) is 0.145. The van der Waals surface area contributed by atoms with Gasteiger partial charge in [-0.2, -0.15) is 0 Å². The van der Waals surface area contributed by atoms with E-state index in [0.717, 1.165) is 0 Å². The predicted molar refractivity (Wildman–Crippen MR) is 82.9 cm³/mol. The van der Waals surface area contributed by atoms with Crippen molar-refractivity contribution in [3.8, 4) is 5.75 Å². The van der Waals surface area contributed by atoms with Gasteiger partial charge in [0, 0.05) is 18.3 Å². The first-order valence-electron chi connectivity index (χ1n) is 7.05. The highest BCUT2D eigenvalue weighted by molar-refractivity contribution is 6.39. The van der Waals surface area contributed by atoms with Gasteiger partial charge in [0.05, 0.1) is 13.4 Å². The molecule has 1 unspecified atom stereocenters. The van der Waals surface area contributed by atoms with Crippen molar-refractivity contribution in [2.75, 3.05) is 19.0 Å². The quantitative estimate of drug-likeness (QED) is 0.700. The molecule has 2 rings (SSSR count). The molecule has 0 aliphatic carbocycles. The molecule has 0 saturated heterocycles. The predicted octanol–water partition coefficient (Wildman–Crippen LogP) is 1.47. The van der Waals surface area contributed by atoms with Crippen molar-refractivity contribution in [1.29, 1.82) is 0 Å². The molecule has 2 aromatic rings. The number of anilines is 1. The van der Waals surface area contributed by atoms with Gasteiger partial charge in [-0.15, -0.1) is 0 Å². The van der Waals surface area contributed by atoms with Crippen LogP contribution in [0.15, 0.2) is 47.1 Å². The van der Waals surface area contributed by atoms with Crippen LogP contribution in [0.1, 0.15) is 18.3 Å². The lowest BCUT2D eigenvalue weighted by Crippen LogP contribution is -2.36. The highest BCUT2D eigenvalue weighted by Gasteiger charge is 2.15. The lowest BCUT2D eigenvalue weighted by molar-refractivity contribution is -0.136. The number of hydrogen-bond donors (Lipinski definition) is 3. The molecule has 7 heteroatoms. The molecule has 1 heterocycles. The van der Waals surface area contributed by atoms with E-state index in [1.165, 1.54) is 13.4 Å². The molecule has 1 atom stereocenters. The number of furan rings is 1. The van der Waals surface area contributed by atoms with Crippen molar-refractivity contribution < 1.29 is 23.8 Å². The molecule has 1 aromatic heterocycles. The highest BCUT2D eigenvalue weighted by atomic mass is 16.5. The zero-order chi connectivity index (χ0) is 16.7. The fraction of sp³-hybridized carbons (Fsp3) is 0.250. The van der Waals surface area contributed by atoms with Gasteiger partial charge in [-0.1, -0.05) is 6.07 Å². The number of aliphatic hydroxyl groups excluding tert-OH is 1. The SMILES string of the molecule is COc1cccc(NC(=O)C(=O)NCCC(O)c2ccco2)c1. The van der Waals surface area contributed by atoms with Gasteiger partial charge in [0.15, 0.2) is 0 Å². The zero-order valence-electron chi connectivity index (χ0n) is 12.6. The second-order valence-corrected chi connectivity index (χ2v) is 4.76. The molecule has 1 aromatic carbocycles. The van der Waals surface area contributed by atoms with E-state index in [0.29, 0.717) is 17.2 Å². The first kappa shape index (κ1) is 16.6. The maximum atomic E-state index is 11.8. The summed E-state index contributed by atoms with van der Waals surface area (Å²) in [5, 5.41) is 14.7. The number of ether oxygens (including phenoxy) is 1. The van der Waals surface area contributed by atoms with Gasteiger partial charge in [-0.05, 0) is 30.7 Å². The van der Waals surface area contributed by atoms with Gasteiger partial charge in [0.2, 0.25) is 0 Å². The van der Waals surface area contributed by atoms with Gasteiger partial charge < -0.3 is 24.9 Å². The van der Waals surface area contributed by atoms with Crippen molar-refractivity contribution >= 4 is 17.5 Å². The maximum Gasteiger partial charge on any atom is 0.313 e. The minimum Gasteiger partial charge on any atom is -0.497 e. The molecule has 122 valence electrons. The van der Waals surface area contributed by atoms with Crippen LogP contribution in [0.4, 0.5) is 5.69 Å². The van der Waals surface area contributed by atoms with Crippen LogP contribution in [0, 0.1) is 0 Å². The van der Waals surface area contributed by atoms with Crippen LogP contribution in [-0.2, 0) is 9.59 Å². The first-order chi connectivity index (χ1) is 11.1. The van der Waals surface area contributed by atoms with Crippen LogP contribution in [0.5, 0.6) is 5.75 Å². The molecule has 2 amide bonds. The lowest BCUT2D eigenvalue weighted by atomic mass is 10.2. The zero-order valence-corrected chi connectivity index (χ0v) is 12.6. The molecule has 0 aliphatic heterocycles. The summed E-state index contributed by atoms with van der Waals surface area (Å²) in [6, 6.07) is 9.98. The first-order valence-corrected chi connectivity index (χ1v) is 7.05. The van der Waals surface area contributed by atoms with Crippen LogP contribution in [0.2, 0.25) is 0 Å². The molecule has 0 radical (unpaired) electrons. The van der Waals surface area contributed by atoms with Crippen LogP contribution in [0.3, 0.4) is 0 Å². The number of aliphatic hydroxyl groups is 1. The third-order valence-corrected chi connectivity index (χ3v) is 3.11. The minimum atomic E-state index is -0.827. The van der Waals surface area contributed by atoms with Crippen LogP contribution < -0.4 is 15.4 Å². The van der Waals surface area contributed by atoms with Gasteiger partial charge in [0.25, 0.3) is 0 Å². The van der Waals surface area contributed by atoms with Crippen LogP contribution in [0.25, 0.3) is 0 Å². The Balaban J connectivity index is 1.77. The number of nitrogens with one attached hydrogen (secondary N) is 2. The van der Waals surface area contributed by atoms with Crippen LogP contribution in [-0.4, -0.2) is 30.6 Å². The Morgan fingerprint density at radius 1 is 1.26 bits per heavy atom. The topological polar surface area (TPSA) is 101 Å². The van der Waals surface area contributed by atoms with Crippen molar-refractivity contribution in [3.05, 3.63) is 48.4 Å². The average molecular weight is 318 g/mol. The molecule has 0 saturated carbocycles. The van der Waals surface area contributed by atoms with E-state index < -0.39 is 17.9 Å².